The van der Waals surface area contributed by atoms with Crippen molar-refractivity contribution >= 4 is 24.2 Å². The molecule has 144 valence electrons. The molecule has 1 aromatic carbocycles. The topological polar surface area (TPSA) is 61.4 Å². The second kappa shape index (κ2) is 9.28. The first-order valence-corrected chi connectivity index (χ1v) is 8.80. The van der Waals surface area contributed by atoms with Crippen molar-refractivity contribution in [2.45, 2.75) is 31.7 Å². The van der Waals surface area contributed by atoms with Crippen LogP contribution in [0.2, 0.25) is 0 Å². The van der Waals surface area contributed by atoms with Gasteiger partial charge in [0, 0.05) is 37.7 Å². The third-order valence-corrected chi connectivity index (χ3v) is 4.96. The minimum atomic E-state index is -0.852. The molecule has 2 saturated heterocycles. The summed E-state index contributed by atoms with van der Waals surface area (Å²) in [5, 5.41) is 6.34. The lowest BCUT2D eigenvalue weighted by Crippen LogP contribution is -2.49. The quantitative estimate of drug-likeness (QED) is 0.835. The Morgan fingerprint density at radius 2 is 1.88 bits per heavy atom. The van der Waals surface area contributed by atoms with Crippen molar-refractivity contribution in [3.8, 4) is 0 Å². The van der Waals surface area contributed by atoms with E-state index in [0.29, 0.717) is 32.0 Å². The maximum absolute atomic E-state index is 13.8. The highest BCUT2D eigenvalue weighted by molar-refractivity contribution is 5.94. The fraction of sp³-hybridized carbons (Fsp3) is 0.556. The zero-order chi connectivity index (χ0) is 17.8. The second-order valence-electron chi connectivity index (χ2n) is 6.74. The number of hydrogen-bond acceptors (Lipinski definition) is 3. The summed E-state index contributed by atoms with van der Waals surface area (Å²) in [4.78, 5) is 26.3. The van der Waals surface area contributed by atoms with Crippen molar-refractivity contribution in [2.24, 2.45) is 5.92 Å². The number of carbonyl (C=O) groups excluding carboxylic acids is 2. The lowest BCUT2D eigenvalue weighted by molar-refractivity contribution is -0.127. The lowest BCUT2D eigenvalue weighted by Gasteiger charge is -2.33. The molecule has 0 bridgehead atoms. The zero-order valence-electron chi connectivity index (χ0n) is 14.5. The van der Waals surface area contributed by atoms with Gasteiger partial charge in [0.2, 0.25) is 5.91 Å². The molecular weight excluding hydrogens is 364 g/mol. The van der Waals surface area contributed by atoms with E-state index in [1.54, 1.807) is 0 Å². The van der Waals surface area contributed by atoms with E-state index >= 15 is 0 Å². The Hall–Kier alpha value is -1.73. The van der Waals surface area contributed by atoms with Crippen molar-refractivity contribution in [3.63, 3.8) is 0 Å². The first-order chi connectivity index (χ1) is 12.0. The number of amides is 2. The number of halogens is 3. The van der Waals surface area contributed by atoms with Crippen LogP contribution < -0.4 is 10.6 Å². The van der Waals surface area contributed by atoms with Crippen LogP contribution in [0.3, 0.4) is 0 Å². The van der Waals surface area contributed by atoms with Crippen molar-refractivity contribution in [1.82, 2.24) is 15.5 Å². The average molecular weight is 388 g/mol. The second-order valence-corrected chi connectivity index (χ2v) is 6.74. The number of likely N-dealkylation sites (tertiary alicyclic amines) is 1. The predicted molar refractivity (Wildman–Crippen MR) is 96.3 cm³/mol. The predicted octanol–water partition coefficient (Wildman–Crippen LogP) is 2.11. The molecule has 1 unspecified atom stereocenters. The van der Waals surface area contributed by atoms with Crippen LogP contribution in [-0.4, -0.2) is 48.9 Å². The van der Waals surface area contributed by atoms with Crippen molar-refractivity contribution in [3.05, 3.63) is 35.4 Å². The van der Waals surface area contributed by atoms with Crippen LogP contribution in [0, 0.1) is 17.6 Å². The van der Waals surface area contributed by atoms with Crippen LogP contribution >= 0.6 is 12.4 Å². The molecule has 2 fully saturated rings. The Kier molecular flexibility index (Phi) is 7.34. The Balaban J connectivity index is 0.00000243. The van der Waals surface area contributed by atoms with Gasteiger partial charge in [-0.1, -0.05) is 0 Å². The van der Waals surface area contributed by atoms with E-state index in [1.165, 1.54) is 11.0 Å². The van der Waals surface area contributed by atoms with Gasteiger partial charge in [0.15, 0.2) is 0 Å². The van der Waals surface area contributed by atoms with Crippen LogP contribution in [0.25, 0.3) is 0 Å². The monoisotopic (exact) mass is 387 g/mol. The molecule has 2 heterocycles. The van der Waals surface area contributed by atoms with Crippen molar-refractivity contribution in [1.29, 1.82) is 0 Å². The minimum absolute atomic E-state index is 0. The first-order valence-electron chi connectivity index (χ1n) is 8.80. The van der Waals surface area contributed by atoms with Gasteiger partial charge < -0.3 is 15.5 Å². The molecule has 0 spiro atoms. The molecule has 1 atom stereocenters. The van der Waals surface area contributed by atoms with Crippen LogP contribution in [0.5, 0.6) is 0 Å². The molecule has 2 amide bonds. The summed E-state index contributed by atoms with van der Waals surface area (Å²) in [6.07, 6.45) is 3.15. The summed E-state index contributed by atoms with van der Waals surface area (Å²) in [7, 11) is 0. The average Bonchev–Trinajstić information content (AvgIpc) is 2.62. The maximum Gasteiger partial charge on any atom is 0.256 e. The van der Waals surface area contributed by atoms with Gasteiger partial charge in [0.25, 0.3) is 5.91 Å². The number of carbonyl (C=O) groups is 2. The van der Waals surface area contributed by atoms with Crippen molar-refractivity contribution in [2.75, 3.05) is 26.2 Å². The van der Waals surface area contributed by atoms with E-state index in [-0.39, 0.29) is 35.8 Å². The minimum Gasteiger partial charge on any atom is -0.352 e. The van der Waals surface area contributed by atoms with Gasteiger partial charge in [0.1, 0.15) is 11.6 Å². The summed E-state index contributed by atoms with van der Waals surface area (Å²) in [6.45, 7) is 2.59. The summed E-state index contributed by atoms with van der Waals surface area (Å²) in [6, 6.07) is 3.14. The highest BCUT2D eigenvalue weighted by Gasteiger charge is 2.30. The summed E-state index contributed by atoms with van der Waals surface area (Å²) >= 11 is 0. The van der Waals surface area contributed by atoms with E-state index in [2.05, 4.69) is 10.6 Å². The van der Waals surface area contributed by atoms with Crippen LogP contribution in [0.4, 0.5) is 8.78 Å². The number of nitrogens with one attached hydrogen (secondary N) is 2. The van der Waals surface area contributed by atoms with Crippen molar-refractivity contribution < 1.29 is 18.4 Å². The molecule has 2 aliphatic rings. The van der Waals surface area contributed by atoms with E-state index in [9.17, 15) is 18.4 Å². The molecule has 26 heavy (non-hydrogen) atoms. The third-order valence-electron chi connectivity index (χ3n) is 4.96. The molecule has 2 N–H and O–H groups in total. The highest BCUT2D eigenvalue weighted by atomic mass is 35.5. The number of piperidine rings is 2. The molecule has 0 aliphatic carbocycles. The molecule has 1 aromatic rings. The van der Waals surface area contributed by atoms with Gasteiger partial charge in [-0.15, -0.1) is 12.4 Å². The largest absolute Gasteiger partial charge is 0.352 e. The fourth-order valence-electron chi connectivity index (χ4n) is 3.47. The third kappa shape index (κ3) is 4.92. The number of hydrogen-bond donors (Lipinski definition) is 2. The van der Waals surface area contributed by atoms with Crippen LogP contribution in [-0.2, 0) is 4.79 Å². The molecule has 0 aromatic heterocycles. The van der Waals surface area contributed by atoms with Gasteiger partial charge in [0.05, 0.1) is 5.56 Å². The van der Waals surface area contributed by atoms with Crippen LogP contribution in [0.15, 0.2) is 18.2 Å². The van der Waals surface area contributed by atoms with E-state index in [1.807, 2.05) is 0 Å². The van der Waals surface area contributed by atoms with Gasteiger partial charge >= 0.3 is 0 Å². The van der Waals surface area contributed by atoms with Gasteiger partial charge in [-0.25, -0.2) is 8.78 Å². The molecular formula is C18H24ClF2N3O2. The highest BCUT2D eigenvalue weighted by Crippen LogP contribution is 2.21. The zero-order valence-corrected chi connectivity index (χ0v) is 15.3. The Labute approximate surface area is 157 Å². The maximum atomic E-state index is 13.8. The normalized spacial score (nSPS) is 21.0. The van der Waals surface area contributed by atoms with Gasteiger partial charge in [-0.2, -0.15) is 0 Å². The lowest BCUT2D eigenvalue weighted by atomic mass is 9.94. The molecule has 3 rings (SSSR count). The molecule has 0 saturated carbocycles. The Morgan fingerprint density at radius 3 is 2.50 bits per heavy atom. The van der Waals surface area contributed by atoms with Gasteiger partial charge in [-0.05, 0) is 44.4 Å². The Morgan fingerprint density at radius 1 is 1.15 bits per heavy atom. The SMILES string of the molecule is Cl.O=C(NC1CCCNC1)C1CCN(C(=O)c2ccc(F)cc2F)CC1. The van der Waals surface area contributed by atoms with E-state index in [4.69, 9.17) is 0 Å². The number of benzene rings is 1. The summed E-state index contributed by atoms with van der Waals surface area (Å²) in [5.41, 5.74) is -0.127. The van der Waals surface area contributed by atoms with Gasteiger partial charge in [-0.3, -0.25) is 9.59 Å². The first kappa shape index (κ1) is 20.6. The fourth-order valence-corrected chi connectivity index (χ4v) is 3.47. The standard InChI is InChI=1S/C18H23F2N3O2.ClH/c19-13-3-4-15(16(20)10-13)18(25)23-8-5-12(6-9-23)17(24)22-14-2-1-7-21-11-14;/h3-4,10,12,14,21H,1-2,5-9,11H2,(H,22,24);1H. The summed E-state index contributed by atoms with van der Waals surface area (Å²) < 4.78 is 26.7. The smallest absolute Gasteiger partial charge is 0.256 e. The Bertz CT molecular complexity index is 645. The number of rotatable bonds is 3. The van der Waals surface area contributed by atoms with E-state index < -0.39 is 17.5 Å². The molecule has 5 nitrogen and oxygen atoms in total. The molecule has 8 heteroatoms. The van der Waals surface area contributed by atoms with Crippen LogP contribution in [0.1, 0.15) is 36.0 Å². The van der Waals surface area contributed by atoms with E-state index in [0.717, 1.165) is 32.0 Å². The molecule has 0 radical (unpaired) electrons. The number of nitrogens with zero attached hydrogens (tertiary/aromatic N) is 1. The summed E-state index contributed by atoms with van der Waals surface area (Å²) in [5.74, 6) is -2.10. The molecule has 2 aliphatic heterocycles.